The predicted molar refractivity (Wildman–Crippen MR) is 85.8 cm³/mol. The lowest BCUT2D eigenvalue weighted by molar-refractivity contribution is 0.165. The van der Waals surface area contributed by atoms with Gasteiger partial charge in [-0.2, -0.15) is 0 Å². The number of nitrogen functional groups attached to an aromatic ring is 1. The summed E-state index contributed by atoms with van der Waals surface area (Å²) in [5.41, 5.74) is 8.64. The van der Waals surface area contributed by atoms with Gasteiger partial charge in [-0.25, -0.2) is 0 Å². The van der Waals surface area contributed by atoms with Crippen LogP contribution in [0.15, 0.2) is 24.3 Å². The van der Waals surface area contributed by atoms with Crippen molar-refractivity contribution in [2.24, 2.45) is 5.92 Å². The molecule has 1 aliphatic heterocycles. The molecule has 2 N–H and O–H groups in total. The third-order valence-electron chi connectivity index (χ3n) is 5.31. The van der Waals surface area contributed by atoms with Gasteiger partial charge in [0.1, 0.15) is 0 Å². The Kier molecular flexibility index (Phi) is 4.02. The lowest BCUT2D eigenvalue weighted by atomic mass is 9.90. The van der Waals surface area contributed by atoms with E-state index >= 15 is 0 Å². The van der Waals surface area contributed by atoms with Gasteiger partial charge in [0.05, 0.1) is 0 Å². The SMILES string of the molecule is CCCC1CCN(CC2(c3ccc(N)cc3)CC2)CC1. The van der Waals surface area contributed by atoms with Gasteiger partial charge < -0.3 is 10.6 Å². The van der Waals surface area contributed by atoms with Gasteiger partial charge in [-0.1, -0.05) is 31.9 Å². The Labute approximate surface area is 123 Å². The highest BCUT2D eigenvalue weighted by Gasteiger charge is 2.45. The number of benzene rings is 1. The van der Waals surface area contributed by atoms with E-state index < -0.39 is 0 Å². The highest BCUT2D eigenvalue weighted by atomic mass is 15.1. The fraction of sp³-hybridized carbons (Fsp3) is 0.667. The molecule has 0 bridgehead atoms. The minimum Gasteiger partial charge on any atom is -0.399 e. The van der Waals surface area contributed by atoms with E-state index in [1.807, 2.05) is 0 Å². The number of nitrogens with zero attached hydrogens (tertiary/aromatic N) is 1. The van der Waals surface area contributed by atoms with Gasteiger partial charge in [0, 0.05) is 17.6 Å². The average molecular weight is 272 g/mol. The van der Waals surface area contributed by atoms with Crippen LogP contribution < -0.4 is 5.73 Å². The molecule has 1 aliphatic carbocycles. The molecule has 0 atom stereocenters. The maximum absolute atomic E-state index is 5.81. The summed E-state index contributed by atoms with van der Waals surface area (Å²) in [7, 11) is 0. The van der Waals surface area contributed by atoms with Crippen LogP contribution in [0.1, 0.15) is 51.0 Å². The number of anilines is 1. The largest absolute Gasteiger partial charge is 0.399 e. The number of hydrogen-bond donors (Lipinski definition) is 1. The Morgan fingerprint density at radius 2 is 1.80 bits per heavy atom. The third-order valence-corrected chi connectivity index (χ3v) is 5.31. The highest BCUT2D eigenvalue weighted by Crippen LogP contribution is 2.49. The number of piperidine rings is 1. The summed E-state index contributed by atoms with van der Waals surface area (Å²) in [6.07, 6.45) is 8.30. The van der Waals surface area contributed by atoms with Gasteiger partial charge in [0.2, 0.25) is 0 Å². The van der Waals surface area contributed by atoms with Crippen molar-refractivity contribution in [3.63, 3.8) is 0 Å². The quantitative estimate of drug-likeness (QED) is 0.826. The zero-order chi connectivity index (χ0) is 14.0. The van der Waals surface area contributed by atoms with Crippen LogP contribution in [0.2, 0.25) is 0 Å². The van der Waals surface area contributed by atoms with Gasteiger partial charge in [-0.15, -0.1) is 0 Å². The lowest BCUT2D eigenvalue weighted by Crippen LogP contribution is -2.39. The van der Waals surface area contributed by atoms with E-state index in [0.29, 0.717) is 5.41 Å². The van der Waals surface area contributed by atoms with Crippen molar-refractivity contribution in [2.45, 2.75) is 50.9 Å². The summed E-state index contributed by atoms with van der Waals surface area (Å²) >= 11 is 0. The molecule has 0 spiro atoms. The van der Waals surface area contributed by atoms with Crippen LogP contribution in [0.5, 0.6) is 0 Å². The van der Waals surface area contributed by atoms with Crippen LogP contribution in [0.3, 0.4) is 0 Å². The van der Waals surface area contributed by atoms with Crippen LogP contribution in [-0.4, -0.2) is 24.5 Å². The minimum absolute atomic E-state index is 0.450. The first-order chi connectivity index (χ1) is 9.72. The first-order valence-electron chi connectivity index (χ1n) is 8.30. The van der Waals surface area contributed by atoms with Gasteiger partial charge in [0.25, 0.3) is 0 Å². The summed E-state index contributed by atoms with van der Waals surface area (Å²) in [4.78, 5) is 2.70. The predicted octanol–water partition coefficient (Wildman–Crippen LogP) is 3.81. The summed E-state index contributed by atoms with van der Waals surface area (Å²) in [5, 5.41) is 0. The van der Waals surface area contributed by atoms with Crippen molar-refractivity contribution in [1.29, 1.82) is 0 Å². The summed E-state index contributed by atoms with van der Waals surface area (Å²) in [6.45, 7) is 6.19. The van der Waals surface area contributed by atoms with E-state index in [0.717, 1.165) is 11.6 Å². The number of hydrogen-bond acceptors (Lipinski definition) is 2. The Balaban J connectivity index is 1.57. The second-order valence-electron chi connectivity index (χ2n) is 6.91. The molecule has 1 heterocycles. The maximum atomic E-state index is 5.81. The first kappa shape index (κ1) is 13.9. The maximum Gasteiger partial charge on any atom is 0.0314 e. The molecule has 20 heavy (non-hydrogen) atoms. The van der Waals surface area contributed by atoms with Crippen molar-refractivity contribution in [1.82, 2.24) is 4.90 Å². The van der Waals surface area contributed by atoms with Gasteiger partial charge in [-0.3, -0.25) is 0 Å². The van der Waals surface area contributed by atoms with Crippen molar-refractivity contribution in [2.75, 3.05) is 25.4 Å². The first-order valence-corrected chi connectivity index (χ1v) is 8.30. The molecule has 2 fully saturated rings. The Morgan fingerprint density at radius 1 is 1.15 bits per heavy atom. The van der Waals surface area contributed by atoms with Gasteiger partial charge in [-0.05, 0) is 62.4 Å². The zero-order valence-electron chi connectivity index (χ0n) is 12.8. The van der Waals surface area contributed by atoms with E-state index in [1.54, 1.807) is 0 Å². The minimum atomic E-state index is 0.450. The monoisotopic (exact) mass is 272 g/mol. The Bertz CT molecular complexity index is 425. The van der Waals surface area contributed by atoms with E-state index in [-0.39, 0.29) is 0 Å². The molecule has 2 heteroatoms. The molecular weight excluding hydrogens is 244 g/mol. The van der Waals surface area contributed by atoms with Crippen LogP contribution in [0, 0.1) is 5.92 Å². The fourth-order valence-electron chi connectivity index (χ4n) is 3.80. The molecule has 1 saturated heterocycles. The molecule has 110 valence electrons. The standard InChI is InChI=1S/C18H28N2/c1-2-3-15-8-12-20(13-9-15)14-18(10-11-18)16-4-6-17(19)7-5-16/h4-7,15H,2-3,8-14,19H2,1H3. The zero-order valence-corrected chi connectivity index (χ0v) is 12.8. The van der Waals surface area contributed by atoms with Crippen LogP contribution in [0.4, 0.5) is 5.69 Å². The molecule has 3 rings (SSSR count). The van der Waals surface area contributed by atoms with Gasteiger partial charge in [0.15, 0.2) is 0 Å². The smallest absolute Gasteiger partial charge is 0.0314 e. The normalized spacial score (nSPS) is 22.9. The van der Waals surface area contributed by atoms with E-state index in [9.17, 15) is 0 Å². The van der Waals surface area contributed by atoms with E-state index in [4.69, 9.17) is 5.73 Å². The van der Waals surface area contributed by atoms with Gasteiger partial charge >= 0.3 is 0 Å². The molecule has 1 aromatic rings. The van der Waals surface area contributed by atoms with Crippen molar-refractivity contribution in [3.05, 3.63) is 29.8 Å². The Morgan fingerprint density at radius 3 is 2.35 bits per heavy atom. The lowest BCUT2D eigenvalue weighted by Gasteiger charge is -2.34. The molecule has 0 amide bonds. The number of nitrogens with two attached hydrogens (primary N) is 1. The number of rotatable bonds is 5. The van der Waals surface area contributed by atoms with Crippen LogP contribution in [-0.2, 0) is 5.41 Å². The second kappa shape index (κ2) is 5.77. The van der Waals surface area contributed by atoms with Crippen LogP contribution in [0.25, 0.3) is 0 Å². The molecule has 1 aromatic carbocycles. The van der Waals surface area contributed by atoms with E-state index in [2.05, 4.69) is 36.1 Å². The molecule has 0 radical (unpaired) electrons. The van der Waals surface area contributed by atoms with Crippen molar-refractivity contribution < 1.29 is 0 Å². The van der Waals surface area contributed by atoms with Crippen LogP contribution >= 0.6 is 0 Å². The molecule has 0 aromatic heterocycles. The summed E-state index contributed by atoms with van der Waals surface area (Å²) < 4.78 is 0. The summed E-state index contributed by atoms with van der Waals surface area (Å²) in [6, 6.07) is 8.60. The third kappa shape index (κ3) is 3.01. The van der Waals surface area contributed by atoms with Crippen molar-refractivity contribution in [3.8, 4) is 0 Å². The fourth-order valence-corrected chi connectivity index (χ4v) is 3.80. The molecule has 2 nitrogen and oxygen atoms in total. The number of likely N-dealkylation sites (tertiary alicyclic amines) is 1. The Hall–Kier alpha value is -1.02. The molecular formula is C18H28N2. The second-order valence-corrected chi connectivity index (χ2v) is 6.91. The van der Waals surface area contributed by atoms with Crippen molar-refractivity contribution >= 4 is 5.69 Å². The topological polar surface area (TPSA) is 29.3 Å². The molecule has 0 unspecified atom stereocenters. The summed E-state index contributed by atoms with van der Waals surface area (Å²) in [5.74, 6) is 0.989. The highest BCUT2D eigenvalue weighted by molar-refractivity contribution is 5.43. The molecule has 2 aliphatic rings. The molecule has 1 saturated carbocycles. The average Bonchev–Trinajstić information content (AvgIpc) is 3.23. The van der Waals surface area contributed by atoms with E-state index in [1.165, 1.54) is 63.7 Å².